The Bertz CT molecular complexity index is 204. The zero-order chi connectivity index (χ0) is 8.32. The molecular formula is C6H12O3S2. The van der Waals surface area contributed by atoms with E-state index in [1.807, 2.05) is 11.8 Å². The molecule has 0 aromatic heterocycles. The first kappa shape index (κ1) is 9.35. The minimum Gasteiger partial charge on any atom is -0.286 e. The highest BCUT2D eigenvalue weighted by atomic mass is 32.2. The van der Waals surface area contributed by atoms with Gasteiger partial charge in [-0.1, -0.05) is 0 Å². The number of rotatable bonds is 2. The molecule has 1 aliphatic rings. The van der Waals surface area contributed by atoms with Crippen LogP contribution in [-0.4, -0.2) is 30.2 Å². The van der Waals surface area contributed by atoms with Gasteiger partial charge < -0.3 is 0 Å². The maximum absolute atomic E-state index is 10.4. The number of hydrogen-bond acceptors (Lipinski definition) is 3. The molecule has 1 heterocycles. The summed E-state index contributed by atoms with van der Waals surface area (Å²) < 4.78 is 29.4. The zero-order valence-electron chi connectivity index (χ0n) is 6.19. The van der Waals surface area contributed by atoms with Crippen LogP contribution in [0, 0.1) is 5.92 Å². The molecule has 0 spiro atoms. The van der Waals surface area contributed by atoms with Crippen LogP contribution in [0.2, 0.25) is 0 Å². The molecule has 0 atom stereocenters. The SMILES string of the molecule is O=S(=O)(O)CC1CCSCC1. The summed E-state index contributed by atoms with van der Waals surface area (Å²) in [6, 6.07) is 0. The Morgan fingerprint density at radius 3 is 2.36 bits per heavy atom. The van der Waals surface area contributed by atoms with Crippen LogP contribution in [0.4, 0.5) is 0 Å². The maximum Gasteiger partial charge on any atom is 0.265 e. The average molecular weight is 196 g/mol. The van der Waals surface area contributed by atoms with Crippen molar-refractivity contribution in [1.82, 2.24) is 0 Å². The topological polar surface area (TPSA) is 54.4 Å². The monoisotopic (exact) mass is 196 g/mol. The maximum atomic E-state index is 10.4. The lowest BCUT2D eigenvalue weighted by atomic mass is 10.1. The Morgan fingerprint density at radius 2 is 1.91 bits per heavy atom. The summed E-state index contributed by atoms with van der Waals surface area (Å²) >= 11 is 1.85. The smallest absolute Gasteiger partial charge is 0.265 e. The van der Waals surface area contributed by atoms with E-state index in [0.717, 1.165) is 24.3 Å². The fourth-order valence-corrected chi connectivity index (χ4v) is 3.34. The second-order valence-corrected chi connectivity index (χ2v) is 5.53. The predicted molar refractivity (Wildman–Crippen MR) is 46.5 cm³/mol. The first-order chi connectivity index (χ1) is 5.08. The summed E-state index contributed by atoms with van der Waals surface area (Å²) in [7, 11) is -3.73. The second kappa shape index (κ2) is 3.78. The van der Waals surface area contributed by atoms with Crippen molar-refractivity contribution in [3.63, 3.8) is 0 Å². The zero-order valence-corrected chi connectivity index (χ0v) is 7.83. The molecule has 1 saturated heterocycles. The van der Waals surface area contributed by atoms with Crippen molar-refractivity contribution in [3.05, 3.63) is 0 Å². The third kappa shape index (κ3) is 3.98. The molecule has 0 amide bonds. The van der Waals surface area contributed by atoms with Crippen molar-refractivity contribution in [2.45, 2.75) is 12.8 Å². The van der Waals surface area contributed by atoms with Gasteiger partial charge in [0.2, 0.25) is 0 Å². The fourth-order valence-electron chi connectivity index (χ4n) is 1.21. The van der Waals surface area contributed by atoms with Crippen molar-refractivity contribution in [1.29, 1.82) is 0 Å². The lowest BCUT2D eigenvalue weighted by Crippen LogP contribution is -2.19. The first-order valence-electron chi connectivity index (χ1n) is 3.61. The highest BCUT2D eigenvalue weighted by molar-refractivity contribution is 7.99. The van der Waals surface area contributed by atoms with Crippen LogP contribution in [0.25, 0.3) is 0 Å². The summed E-state index contributed by atoms with van der Waals surface area (Å²) in [5, 5.41) is 0. The minimum atomic E-state index is -3.73. The highest BCUT2D eigenvalue weighted by Crippen LogP contribution is 2.23. The molecule has 0 aromatic rings. The summed E-state index contributed by atoms with van der Waals surface area (Å²) in [6.45, 7) is 0. The Kier molecular flexibility index (Phi) is 3.21. The van der Waals surface area contributed by atoms with E-state index in [-0.39, 0.29) is 11.7 Å². The Labute approximate surface area is 71.3 Å². The quantitative estimate of drug-likeness (QED) is 0.670. The Morgan fingerprint density at radius 1 is 1.36 bits per heavy atom. The van der Waals surface area contributed by atoms with Gasteiger partial charge in [0, 0.05) is 0 Å². The average Bonchev–Trinajstić information content (AvgIpc) is 1.85. The van der Waals surface area contributed by atoms with Crippen molar-refractivity contribution in [2.24, 2.45) is 5.92 Å². The number of hydrogen-bond donors (Lipinski definition) is 1. The molecule has 0 aliphatic carbocycles. The molecule has 5 heteroatoms. The van der Waals surface area contributed by atoms with E-state index in [1.165, 1.54) is 0 Å². The van der Waals surface area contributed by atoms with Gasteiger partial charge in [-0.2, -0.15) is 20.2 Å². The van der Waals surface area contributed by atoms with Crippen LogP contribution in [0.5, 0.6) is 0 Å². The van der Waals surface area contributed by atoms with Gasteiger partial charge >= 0.3 is 0 Å². The largest absolute Gasteiger partial charge is 0.286 e. The third-order valence-corrected chi connectivity index (χ3v) is 3.73. The molecule has 66 valence electrons. The van der Waals surface area contributed by atoms with Crippen LogP contribution in [0.3, 0.4) is 0 Å². The molecule has 1 aliphatic heterocycles. The summed E-state index contributed by atoms with van der Waals surface area (Å²) in [5.41, 5.74) is 0. The first-order valence-corrected chi connectivity index (χ1v) is 6.37. The molecule has 1 fully saturated rings. The molecule has 0 aromatic carbocycles. The fraction of sp³-hybridized carbons (Fsp3) is 1.00. The van der Waals surface area contributed by atoms with Gasteiger partial charge in [0.15, 0.2) is 0 Å². The molecule has 0 unspecified atom stereocenters. The van der Waals surface area contributed by atoms with Crippen molar-refractivity contribution < 1.29 is 13.0 Å². The van der Waals surface area contributed by atoms with E-state index >= 15 is 0 Å². The van der Waals surface area contributed by atoms with Gasteiger partial charge in [-0.25, -0.2) is 0 Å². The van der Waals surface area contributed by atoms with Crippen molar-refractivity contribution in [2.75, 3.05) is 17.3 Å². The molecule has 11 heavy (non-hydrogen) atoms. The molecular weight excluding hydrogens is 184 g/mol. The second-order valence-electron chi connectivity index (χ2n) is 2.80. The van der Waals surface area contributed by atoms with Crippen LogP contribution >= 0.6 is 11.8 Å². The van der Waals surface area contributed by atoms with Crippen LogP contribution in [-0.2, 0) is 10.1 Å². The van der Waals surface area contributed by atoms with Gasteiger partial charge in [0.25, 0.3) is 10.1 Å². The van der Waals surface area contributed by atoms with E-state index in [0.29, 0.717) is 0 Å². The lowest BCUT2D eigenvalue weighted by Gasteiger charge is -2.19. The molecule has 0 bridgehead atoms. The highest BCUT2D eigenvalue weighted by Gasteiger charge is 2.19. The van der Waals surface area contributed by atoms with Gasteiger partial charge in [-0.3, -0.25) is 4.55 Å². The van der Waals surface area contributed by atoms with E-state index in [9.17, 15) is 8.42 Å². The number of thioether (sulfide) groups is 1. The molecule has 1 rings (SSSR count). The van der Waals surface area contributed by atoms with Crippen LogP contribution in [0.1, 0.15) is 12.8 Å². The normalized spacial score (nSPS) is 21.9. The van der Waals surface area contributed by atoms with E-state index < -0.39 is 10.1 Å². The molecule has 0 radical (unpaired) electrons. The summed E-state index contributed by atoms with van der Waals surface area (Å²) in [5.74, 6) is 2.19. The minimum absolute atomic E-state index is 0.0481. The van der Waals surface area contributed by atoms with Crippen LogP contribution < -0.4 is 0 Å². The standard InChI is InChI=1S/C6H12O3S2/c7-11(8,9)5-6-1-3-10-4-2-6/h6H,1-5H2,(H,7,8,9). The lowest BCUT2D eigenvalue weighted by molar-refractivity contribution is 0.454. The molecule has 3 nitrogen and oxygen atoms in total. The molecule has 0 saturated carbocycles. The van der Waals surface area contributed by atoms with Crippen molar-refractivity contribution in [3.8, 4) is 0 Å². The van der Waals surface area contributed by atoms with E-state index in [1.54, 1.807) is 0 Å². The van der Waals surface area contributed by atoms with Crippen molar-refractivity contribution >= 4 is 21.9 Å². The molecule has 1 N–H and O–H groups in total. The summed E-state index contributed by atoms with van der Waals surface area (Å²) in [4.78, 5) is 0. The van der Waals surface area contributed by atoms with Gasteiger partial charge in [0.1, 0.15) is 0 Å². The van der Waals surface area contributed by atoms with E-state index in [2.05, 4.69) is 0 Å². The summed E-state index contributed by atoms with van der Waals surface area (Å²) in [6.07, 6.45) is 1.84. The third-order valence-electron chi connectivity index (χ3n) is 1.79. The Hall–Kier alpha value is 0.260. The van der Waals surface area contributed by atoms with E-state index in [4.69, 9.17) is 4.55 Å². The predicted octanol–water partition coefficient (Wildman–Crippen LogP) is 1.02. The van der Waals surface area contributed by atoms with Crippen LogP contribution in [0.15, 0.2) is 0 Å². The van der Waals surface area contributed by atoms with Gasteiger partial charge in [-0.05, 0) is 30.3 Å². The van der Waals surface area contributed by atoms with Gasteiger partial charge in [0.05, 0.1) is 5.75 Å². The Balaban J connectivity index is 2.36. The van der Waals surface area contributed by atoms with Gasteiger partial charge in [-0.15, -0.1) is 0 Å².